The van der Waals surface area contributed by atoms with E-state index in [2.05, 4.69) is 6.58 Å². The number of benzene rings is 1. The molecule has 63 valence electrons. The summed E-state index contributed by atoms with van der Waals surface area (Å²) in [6.07, 6.45) is 1.79. The minimum atomic E-state index is 0.579. The summed E-state index contributed by atoms with van der Waals surface area (Å²) < 4.78 is 0. The van der Waals surface area contributed by atoms with Gasteiger partial charge in [-0.05, 0) is 17.7 Å². The fourth-order valence-corrected chi connectivity index (χ4v) is 1.16. The molecule has 1 rings (SSSR count). The molecule has 0 fully saturated rings. The zero-order valence-corrected chi connectivity index (χ0v) is 8.28. The van der Waals surface area contributed by atoms with Crippen molar-refractivity contribution < 1.29 is 0 Å². The van der Waals surface area contributed by atoms with E-state index >= 15 is 0 Å². The monoisotopic (exact) mass is 199 g/mol. The maximum Gasteiger partial charge on any atom is 0.0595 e. The molecule has 0 nitrogen and oxygen atoms in total. The van der Waals surface area contributed by atoms with Crippen molar-refractivity contribution in [3.05, 3.63) is 52.4 Å². The van der Waals surface area contributed by atoms with Crippen LogP contribution in [0.3, 0.4) is 0 Å². The van der Waals surface area contributed by atoms with E-state index in [0.29, 0.717) is 10.0 Å². The number of hydrogen-bond acceptors (Lipinski definition) is 0. The zero-order chi connectivity index (χ0) is 9.14. The van der Waals surface area contributed by atoms with Gasteiger partial charge in [-0.1, -0.05) is 42.3 Å². The third-order valence-electron chi connectivity index (χ3n) is 1.68. The summed E-state index contributed by atoms with van der Waals surface area (Å²) in [5.41, 5.74) is 1.06. The van der Waals surface area contributed by atoms with Gasteiger partial charge in [0.25, 0.3) is 0 Å². The van der Waals surface area contributed by atoms with Crippen LogP contribution >= 0.6 is 23.2 Å². The van der Waals surface area contributed by atoms with Gasteiger partial charge in [0.2, 0.25) is 0 Å². The summed E-state index contributed by atoms with van der Waals surface area (Å²) in [6.45, 7) is 5.65. The fourth-order valence-electron chi connectivity index (χ4n) is 0.859. The van der Waals surface area contributed by atoms with Crippen molar-refractivity contribution in [2.24, 2.45) is 0 Å². The first-order valence-corrected chi connectivity index (χ1v) is 4.32. The van der Waals surface area contributed by atoms with Crippen LogP contribution < -0.4 is 0 Å². The lowest BCUT2D eigenvalue weighted by atomic mass is 10.0. The van der Waals surface area contributed by atoms with Crippen LogP contribution in [0.2, 0.25) is 10.0 Å². The third-order valence-corrected chi connectivity index (χ3v) is 2.42. The quantitative estimate of drug-likeness (QED) is 0.673. The minimum absolute atomic E-state index is 0.579. The Morgan fingerprint density at radius 2 is 2.00 bits per heavy atom. The van der Waals surface area contributed by atoms with Crippen LogP contribution in [0.25, 0.3) is 0 Å². The minimum Gasteiger partial charge on any atom is -0.102 e. The molecule has 0 aliphatic heterocycles. The highest BCUT2D eigenvalue weighted by atomic mass is 35.5. The average molecular weight is 200 g/mol. The summed E-state index contributed by atoms with van der Waals surface area (Å²) in [7, 11) is 0. The van der Waals surface area contributed by atoms with Crippen LogP contribution in [0.15, 0.2) is 30.9 Å². The Labute approximate surface area is 82.8 Å². The van der Waals surface area contributed by atoms with E-state index in [1.54, 1.807) is 12.1 Å². The van der Waals surface area contributed by atoms with Crippen LogP contribution in [0.5, 0.6) is 0 Å². The van der Waals surface area contributed by atoms with E-state index in [0.717, 1.165) is 11.5 Å². The predicted molar refractivity (Wildman–Crippen MR) is 54.7 cm³/mol. The molecule has 0 aliphatic carbocycles. The molecule has 0 atom stereocenters. The summed E-state index contributed by atoms with van der Waals surface area (Å²) in [5.74, 6) is 1.09. The molecule has 12 heavy (non-hydrogen) atoms. The average Bonchev–Trinajstić information content (AvgIpc) is 2.08. The van der Waals surface area contributed by atoms with Crippen molar-refractivity contribution in [2.45, 2.75) is 6.92 Å². The second kappa shape index (κ2) is 3.97. The Balaban J connectivity index is 3.04. The van der Waals surface area contributed by atoms with Crippen molar-refractivity contribution in [3.8, 4) is 0 Å². The molecule has 0 aliphatic rings. The Hall–Kier alpha value is -0.460. The Bertz CT molecular complexity index is 292. The first-order chi connectivity index (χ1) is 5.65. The third kappa shape index (κ3) is 2.02. The van der Waals surface area contributed by atoms with E-state index in [-0.39, 0.29) is 0 Å². The lowest BCUT2D eigenvalue weighted by Crippen LogP contribution is -1.88. The molecule has 0 saturated carbocycles. The van der Waals surface area contributed by atoms with Gasteiger partial charge in [0.15, 0.2) is 0 Å². The predicted octanol–water partition coefficient (Wildman–Crippen LogP) is 4.12. The maximum absolute atomic E-state index is 5.84. The van der Waals surface area contributed by atoms with Gasteiger partial charge in [0.05, 0.1) is 10.0 Å². The van der Waals surface area contributed by atoms with Gasteiger partial charge < -0.3 is 0 Å². The molecule has 0 bridgehead atoms. The van der Waals surface area contributed by atoms with Crippen molar-refractivity contribution in [3.63, 3.8) is 0 Å². The van der Waals surface area contributed by atoms with E-state index in [4.69, 9.17) is 23.2 Å². The molecule has 0 N–H and O–H groups in total. The second-order valence-electron chi connectivity index (χ2n) is 2.52. The van der Waals surface area contributed by atoms with Gasteiger partial charge in [-0.25, -0.2) is 0 Å². The van der Waals surface area contributed by atoms with Gasteiger partial charge in [-0.2, -0.15) is 0 Å². The van der Waals surface area contributed by atoms with Crippen LogP contribution in [0.1, 0.15) is 12.5 Å². The Kier molecular flexibility index (Phi) is 3.19. The highest BCUT2D eigenvalue weighted by Gasteiger charge is 2.03. The number of halogens is 2. The molecular weight excluding hydrogens is 191 g/mol. The normalized spacial score (nSPS) is 10.3. The van der Waals surface area contributed by atoms with Crippen LogP contribution in [-0.2, 0) is 0 Å². The molecule has 1 aromatic carbocycles. The van der Waals surface area contributed by atoms with E-state index in [1.807, 2.05) is 19.1 Å². The van der Waals surface area contributed by atoms with Crippen molar-refractivity contribution in [2.75, 3.05) is 0 Å². The van der Waals surface area contributed by atoms with Gasteiger partial charge >= 0.3 is 0 Å². The summed E-state index contributed by atoms with van der Waals surface area (Å²) in [6, 6.07) is 5.54. The smallest absolute Gasteiger partial charge is 0.0595 e. The summed E-state index contributed by atoms with van der Waals surface area (Å²) in [5, 5.41) is 1.16. The molecule has 0 heterocycles. The van der Waals surface area contributed by atoms with Gasteiger partial charge in [-0.15, -0.1) is 6.58 Å². The molecule has 2 heteroatoms. The van der Waals surface area contributed by atoms with Gasteiger partial charge in [-0.3, -0.25) is 0 Å². The summed E-state index contributed by atoms with van der Waals surface area (Å²) in [4.78, 5) is 0. The number of allylic oxidation sites excluding steroid dienone is 1. The molecule has 1 aromatic rings. The van der Waals surface area contributed by atoms with Crippen LogP contribution in [-0.4, -0.2) is 0 Å². The second-order valence-corrected chi connectivity index (χ2v) is 3.33. The molecule has 0 spiro atoms. The van der Waals surface area contributed by atoms with Gasteiger partial charge in [0, 0.05) is 5.92 Å². The molecular formula is C10H9Cl2. The maximum atomic E-state index is 5.84. The highest BCUT2D eigenvalue weighted by molar-refractivity contribution is 6.42. The first-order valence-electron chi connectivity index (χ1n) is 3.56. The van der Waals surface area contributed by atoms with Crippen LogP contribution in [0, 0.1) is 5.92 Å². The van der Waals surface area contributed by atoms with Crippen LogP contribution in [0.4, 0.5) is 0 Å². The number of rotatable bonds is 2. The zero-order valence-electron chi connectivity index (χ0n) is 6.77. The van der Waals surface area contributed by atoms with E-state index in [1.165, 1.54) is 0 Å². The van der Waals surface area contributed by atoms with Crippen molar-refractivity contribution in [1.82, 2.24) is 0 Å². The van der Waals surface area contributed by atoms with Gasteiger partial charge in [0.1, 0.15) is 0 Å². The highest BCUT2D eigenvalue weighted by Crippen LogP contribution is 2.26. The largest absolute Gasteiger partial charge is 0.102 e. The lowest BCUT2D eigenvalue weighted by molar-refractivity contribution is 1.26. The Morgan fingerprint density at radius 1 is 1.33 bits per heavy atom. The van der Waals surface area contributed by atoms with E-state index in [9.17, 15) is 0 Å². The molecule has 0 unspecified atom stereocenters. The first kappa shape index (κ1) is 9.63. The molecule has 0 aromatic heterocycles. The molecule has 1 radical (unpaired) electrons. The fraction of sp³-hybridized carbons (Fsp3) is 0.100. The Morgan fingerprint density at radius 3 is 2.50 bits per heavy atom. The molecule has 0 amide bonds. The summed E-state index contributed by atoms with van der Waals surface area (Å²) >= 11 is 11.6. The number of hydrogen-bond donors (Lipinski definition) is 0. The lowest BCUT2D eigenvalue weighted by Gasteiger charge is -2.05. The van der Waals surface area contributed by atoms with Crippen molar-refractivity contribution >= 4 is 23.2 Å². The standard InChI is InChI=1S/C10H9Cl2/c1-3-7(2)8-4-5-9(11)10(12)6-8/h3-6H,1H2,2H3. The molecule has 0 saturated heterocycles. The topological polar surface area (TPSA) is 0 Å². The SMILES string of the molecule is C=C[C](C)c1ccc(Cl)c(Cl)c1. The van der Waals surface area contributed by atoms with Crippen molar-refractivity contribution in [1.29, 1.82) is 0 Å². The van der Waals surface area contributed by atoms with E-state index < -0.39 is 0 Å².